The standard InChI is InChI=1S/C15H12ClFN2O2/c1-18-14(10-4-3-9(17)7-11(10)16)8-2-5-12-13(6-8)21-15(20)19-12/h2-7,14,18H,1H3,(H,19,20). The van der Waals surface area contributed by atoms with Crippen LogP contribution in [0, 0.1) is 5.82 Å². The lowest BCUT2D eigenvalue weighted by molar-refractivity contribution is 0.554. The highest BCUT2D eigenvalue weighted by Gasteiger charge is 2.17. The van der Waals surface area contributed by atoms with Crippen LogP contribution in [0.15, 0.2) is 45.6 Å². The highest BCUT2D eigenvalue weighted by molar-refractivity contribution is 6.31. The van der Waals surface area contributed by atoms with Crippen LogP contribution in [-0.2, 0) is 0 Å². The van der Waals surface area contributed by atoms with E-state index >= 15 is 0 Å². The van der Waals surface area contributed by atoms with E-state index < -0.39 is 5.76 Å². The third-order valence-electron chi connectivity index (χ3n) is 3.34. The van der Waals surface area contributed by atoms with Crippen molar-refractivity contribution in [3.05, 3.63) is 68.9 Å². The van der Waals surface area contributed by atoms with Gasteiger partial charge in [0.05, 0.1) is 11.6 Å². The van der Waals surface area contributed by atoms with Crippen LogP contribution in [0.3, 0.4) is 0 Å². The number of hydrogen-bond acceptors (Lipinski definition) is 3. The molecule has 108 valence electrons. The average Bonchev–Trinajstić information content (AvgIpc) is 2.81. The Morgan fingerprint density at radius 1 is 1.29 bits per heavy atom. The number of hydrogen-bond donors (Lipinski definition) is 2. The second-order valence-corrected chi connectivity index (χ2v) is 5.06. The molecule has 0 saturated carbocycles. The molecule has 1 aromatic heterocycles. The van der Waals surface area contributed by atoms with Gasteiger partial charge in [-0.3, -0.25) is 4.98 Å². The molecule has 1 heterocycles. The molecule has 4 nitrogen and oxygen atoms in total. The molecule has 0 aliphatic heterocycles. The lowest BCUT2D eigenvalue weighted by Gasteiger charge is -2.18. The van der Waals surface area contributed by atoms with E-state index in [2.05, 4.69) is 10.3 Å². The molecule has 0 spiro atoms. The first-order chi connectivity index (χ1) is 10.1. The number of nitrogens with one attached hydrogen (secondary N) is 2. The maximum absolute atomic E-state index is 13.2. The Kier molecular flexibility index (Phi) is 3.53. The van der Waals surface area contributed by atoms with Gasteiger partial charge in [0, 0.05) is 5.02 Å². The van der Waals surface area contributed by atoms with E-state index in [1.807, 2.05) is 6.07 Å². The van der Waals surface area contributed by atoms with Crippen LogP contribution in [0.5, 0.6) is 0 Å². The lowest BCUT2D eigenvalue weighted by atomic mass is 9.98. The minimum atomic E-state index is -0.497. The van der Waals surface area contributed by atoms with Crippen molar-refractivity contribution < 1.29 is 8.81 Å². The summed E-state index contributed by atoms with van der Waals surface area (Å²) in [6.07, 6.45) is 0. The van der Waals surface area contributed by atoms with Gasteiger partial charge in [-0.25, -0.2) is 9.18 Å². The molecule has 0 radical (unpaired) electrons. The fraction of sp³-hybridized carbons (Fsp3) is 0.133. The van der Waals surface area contributed by atoms with E-state index in [9.17, 15) is 9.18 Å². The molecule has 0 aliphatic rings. The summed E-state index contributed by atoms with van der Waals surface area (Å²) in [7, 11) is 1.78. The van der Waals surface area contributed by atoms with Gasteiger partial charge in [-0.2, -0.15) is 0 Å². The molecule has 2 N–H and O–H groups in total. The average molecular weight is 307 g/mol. The summed E-state index contributed by atoms with van der Waals surface area (Å²) < 4.78 is 18.2. The number of halogens is 2. The Bertz CT molecular complexity index is 856. The maximum Gasteiger partial charge on any atom is 0.417 e. The van der Waals surface area contributed by atoms with Crippen molar-refractivity contribution in [1.29, 1.82) is 0 Å². The molecule has 0 saturated heterocycles. The van der Waals surface area contributed by atoms with E-state index in [1.54, 1.807) is 25.2 Å². The molecular formula is C15H12ClFN2O2. The van der Waals surface area contributed by atoms with Crippen molar-refractivity contribution in [2.75, 3.05) is 7.05 Å². The molecular weight excluding hydrogens is 295 g/mol. The first-order valence-corrected chi connectivity index (χ1v) is 6.71. The Hall–Kier alpha value is -2.11. The van der Waals surface area contributed by atoms with Gasteiger partial charge in [0.25, 0.3) is 0 Å². The van der Waals surface area contributed by atoms with E-state index in [1.165, 1.54) is 12.1 Å². The molecule has 0 amide bonds. The second-order valence-electron chi connectivity index (χ2n) is 4.66. The van der Waals surface area contributed by atoms with Gasteiger partial charge in [-0.1, -0.05) is 23.7 Å². The molecule has 0 aliphatic carbocycles. The Morgan fingerprint density at radius 2 is 2.10 bits per heavy atom. The van der Waals surface area contributed by atoms with Gasteiger partial charge >= 0.3 is 5.76 Å². The Balaban J connectivity index is 2.10. The summed E-state index contributed by atoms with van der Waals surface area (Å²) in [6.45, 7) is 0. The smallest absolute Gasteiger partial charge is 0.408 e. The molecule has 0 bridgehead atoms. The van der Waals surface area contributed by atoms with Crippen LogP contribution in [0.4, 0.5) is 4.39 Å². The van der Waals surface area contributed by atoms with Crippen molar-refractivity contribution in [3.8, 4) is 0 Å². The van der Waals surface area contributed by atoms with Gasteiger partial charge in [-0.05, 0) is 42.4 Å². The van der Waals surface area contributed by atoms with Crippen LogP contribution in [0.1, 0.15) is 17.2 Å². The minimum Gasteiger partial charge on any atom is -0.408 e. The van der Waals surface area contributed by atoms with Gasteiger partial charge in [0.2, 0.25) is 0 Å². The first-order valence-electron chi connectivity index (χ1n) is 6.33. The van der Waals surface area contributed by atoms with Crippen molar-refractivity contribution in [3.63, 3.8) is 0 Å². The molecule has 3 aromatic rings. The predicted octanol–water partition coefficient (Wildman–Crippen LogP) is 3.22. The van der Waals surface area contributed by atoms with Gasteiger partial charge < -0.3 is 9.73 Å². The lowest BCUT2D eigenvalue weighted by Crippen LogP contribution is -2.18. The second kappa shape index (κ2) is 5.35. The number of rotatable bonds is 3. The van der Waals surface area contributed by atoms with Crippen LogP contribution in [0.25, 0.3) is 11.1 Å². The zero-order valence-corrected chi connectivity index (χ0v) is 11.9. The summed E-state index contributed by atoms with van der Waals surface area (Å²) in [5, 5.41) is 3.47. The van der Waals surface area contributed by atoms with Gasteiger partial charge in [-0.15, -0.1) is 0 Å². The monoisotopic (exact) mass is 306 g/mol. The topological polar surface area (TPSA) is 58.0 Å². The number of aromatic nitrogens is 1. The summed E-state index contributed by atoms with van der Waals surface area (Å²) in [5.74, 6) is -0.881. The molecule has 1 unspecified atom stereocenters. The van der Waals surface area contributed by atoms with Crippen LogP contribution in [0.2, 0.25) is 5.02 Å². The summed E-state index contributed by atoms with van der Waals surface area (Å²) >= 11 is 6.12. The predicted molar refractivity (Wildman–Crippen MR) is 79.1 cm³/mol. The van der Waals surface area contributed by atoms with Crippen LogP contribution >= 0.6 is 11.6 Å². The summed E-state index contributed by atoms with van der Waals surface area (Å²) in [4.78, 5) is 13.8. The molecule has 2 aromatic carbocycles. The van der Waals surface area contributed by atoms with Crippen molar-refractivity contribution in [1.82, 2.24) is 10.3 Å². The fourth-order valence-corrected chi connectivity index (χ4v) is 2.66. The van der Waals surface area contributed by atoms with Gasteiger partial charge in [0.15, 0.2) is 5.58 Å². The highest BCUT2D eigenvalue weighted by Crippen LogP contribution is 2.30. The molecule has 1 atom stereocenters. The van der Waals surface area contributed by atoms with Crippen molar-refractivity contribution in [2.45, 2.75) is 6.04 Å². The normalized spacial score (nSPS) is 12.7. The molecule has 6 heteroatoms. The SMILES string of the molecule is CNC(c1ccc2[nH]c(=O)oc2c1)c1ccc(F)cc1Cl. The summed E-state index contributed by atoms with van der Waals surface area (Å²) in [5.41, 5.74) is 2.71. The quantitative estimate of drug-likeness (QED) is 0.781. The Morgan fingerprint density at radius 3 is 2.81 bits per heavy atom. The summed E-state index contributed by atoms with van der Waals surface area (Å²) in [6, 6.07) is 9.41. The highest BCUT2D eigenvalue weighted by atomic mass is 35.5. The maximum atomic E-state index is 13.2. The zero-order valence-electron chi connectivity index (χ0n) is 11.1. The number of benzene rings is 2. The number of fused-ring (bicyclic) bond motifs is 1. The van der Waals surface area contributed by atoms with E-state index in [0.717, 1.165) is 11.1 Å². The first kappa shape index (κ1) is 13.9. The largest absolute Gasteiger partial charge is 0.417 e. The van der Waals surface area contributed by atoms with Gasteiger partial charge in [0.1, 0.15) is 5.82 Å². The van der Waals surface area contributed by atoms with E-state index in [0.29, 0.717) is 16.1 Å². The van der Waals surface area contributed by atoms with Crippen molar-refractivity contribution in [2.24, 2.45) is 0 Å². The van der Waals surface area contributed by atoms with E-state index in [-0.39, 0.29) is 11.9 Å². The van der Waals surface area contributed by atoms with Crippen LogP contribution < -0.4 is 11.1 Å². The third-order valence-corrected chi connectivity index (χ3v) is 3.67. The minimum absolute atomic E-state index is 0.234. The number of H-pyrrole nitrogens is 1. The van der Waals surface area contributed by atoms with Crippen molar-refractivity contribution >= 4 is 22.7 Å². The fourth-order valence-electron chi connectivity index (χ4n) is 2.38. The zero-order chi connectivity index (χ0) is 15.0. The third kappa shape index (κ3) is 2.57. The van der Waals surface area contributed by atoms with Crippen LogP contribution in [-0.4, -0.2) is 12.0 Å². The number of aromatic amines is 1. The molecule has 0 fully saturated rings. The Labute approximate surface area is 124 Å². The molecule has 3 rings (SSSR count). The number of oxazole rings is 1. The van der Waals surface area contributed by atoms with E-state index in [4.69, 9.17) is 16.0 Å². The molecule has 21 heavy (non-hydrogen) atoms.